The Morgan fingerprint density at radius 2 is 2.05 bits per heavy atom. The van der Waals surface area contributed by atoms with Crippen LogP contribution in [0.25, 0.3) is 0 Å². The molecule has 1 aromatic carbocycles. The van der Waals surface area contributed by atoms with Gasteiger partial charge in [-0.1, -0.05) is 35.8 Å². The maximum Gasteiger partial charge on any atom is 0.150 e. The van der Waals surface area contributed by atoms with Crippen LogP contribution in [0.3, 0.4) is 0 Å². The largest absolute Gasteiger partial charge is 0.310 e. The first kappa shape index (κ1) is 17.6. The first-order chi connectivity index (χ1) is 9.39. The van der Waals surface area contributed by atoms with Crippen molar-refractivity contribution in [3.05, 3.63) is 34.1 Å². The second-order valence-corrected chi connectivity index (χ2v) is 8.04. The predicted molar refractivity (Wildman–Crippen MR) is 84.1 cm³/mol. The number of rotatable bonds is 8. The molecular weight excluding hydrogens is 345 g/mol. The second-order valence-electron chi connectivity index (χ2n) is 4.65. The van der Waals surface area contributed by atoms with E-state index in [4.69, 9.17) is 0 Å². The van der Waals surface area contributed by atoms with Gasteiger partial charge in [0.2, 0.25) is 0 Å². The van der Waals surface area contributed by atoms with Crippen LogP contribution in [0.15, 0.2) is 22.7 Å². The van der Waals surface area contributed by atoms with E-state index in [0.717, 1.165) is 0 Å². The van der Waals surface area contributed by atoms with Crippen molar-refractivity contribution in [1.82, 2.24) is 5.32 Å². The summed E-state index contributed by atoms with van der Waals surface area (Å²) in [5, 5.41) is 3.21. The topological polar surface area (TPSA) is 46.2 Å². The molecule has 1 aromatic rings. The van der Waals surface area contributed by atoms with Crippen LogP contribution in [0.1, 0.15) is 38.3 Å². The summed E-state index contributed by atoms with van der Waals surface area (Å²) in [5.41, 5.74) is 0.587. The van der Waals surface area contributed by atoms with Crippen molar-refractivity contribution in [1.29, 1.82) is 0 Å². The van der Waals surface area contributed by atoms with E-state index in [2.05, 4.69) is 21.2 Å². The van der Waals surface area contributed by atoms with Gasteiger partial charge in [0.25, 0.3) is 0 Å². The van der Waals surface area contributed by atoms with Gasteiger partial charge in [-0.2, -0.15) is 0 Å². The zero-order chi connectivity index (χ0) is 15.2. The van der Waals surface area contributed by atoms with Crippen molar-refractivity contribution in [3.63, 3.8) is 0 Å². The molecule has 0 aliphatic carbocycles. The van der Waals surface area contributed by atoms with Gasteiger partial charge in [-0.05, 0) is 31.5 Å². The fourth-order valence-electron chi connectivity index (χ4n) is 2.05. The molecule has 0 saturated heterocycles. The quantitative estimate of drug-likeness (QED) is 0.767. The Labute approximate surface area is 129 Å². The molecule has 0 heterocycles. The van der Waals surface area contributed by atoms with Gasteiger partial charge in [-0.15, -0.1) is 0 Å². The number of hydrogen-bond acceptors (Lipinski definition) is 3. The number of benzene rings is 1. The Hall–Kier alpha value is -0.460. The minimum Gasteiger partial charge on any atom is -0.310 e. The first-order valence-corrected chi connectivity index (χ1v) is 9.39. The molecule has 20 heavy (non-hydrogen) atoms. The standard InChI is InChI=1S/C14H21BrFNO2S/c1-3-17-14(6-5-9-20(18,19)4-2)12-8-7-11(15)10-13(12)16/h7-8,10,14,17H,3-6,9H2,1-2H3. The van der Waals surface area contributed by atoms with E-state index in [1.807, 2.05) is 6.92 Å². The highest BCUT2D eigenvalue weighted by molar-refractivity contribution is 9.10. The van der Waals surface area contributed by atoms with E-state index in [1.54, 1.807) is 19.1 Å². The average Bonchev–Trinajstić information content (AvgIpc) is 2.38. The minimum atomic E-state index is -2.96. The van der Waals surface area contributed by atoms with Gasteiger partial charge in [-0.25, -0.2) is 12.8 Å². The van der Waals surface area contributed by atoms with Gasteiger partial charge in [-0.3, -0.25) is 0 Å². The Balaban J connectivity index is 2.74. The Morgan fingerprint density at radius 3 is 2.60 bits per heavy atom. The van der Waals surface area contributed by atoms with Crippen LogP contribution in [-0.2, 0) is 9.84 Å². The molecule has 0 spiro atoms. The Morgan fingerprint density at radius 1 is 1.35 bits per heavy atom. The molecule has 3 nitrogen and oxygen atoms in total. The third-order valence-electron chi connectivity index (χ3n) is 3.18. The van der Waals surface area contributed by atoms with Crippen LogP contribution in [0.5, 0.6) is 0 Å². The van der Waals surface area contributed by atoms with Crippen molar-refractivity contribution >= 4 is 25.8 Å². The molecule has 0 aromatic heterocycles. The van der Waals surface area contributed by atoms with Crippen LogP contribution in [0.2, 0.25) is 0 Å². The molecule has 0 bridgehead atoms. The number of halogens is 2. The van der Waals surface area contributed by atoms with Crippen molar-refractivity contribution < 1.29 is 12.8 Å². The molecule has 114 valence electrons. The number of hydrogen-bond donors (Lipinski definition) is 1. The molecule has 1 rings (SSSR count). The zero-order valence-electron chi connectivity index (χ0n) is 11.8. The molecule has 0 aliphatic heterocycles. The maximum atomic E-state index is 14.0. The van der Waals surface area contributed by atoms with E-state index in [1.165, 1.54) is 6.07 Å². The summed E-state index contributed by atoms with van der Waals surface area (Å²) in [6, 6.07) is 4.81. The molecule has 6 heteroatoms. The van der Waals surface area contributed by atoms with Gasteiger partial charge in [0, 0.05) is 21.8 Å². The van der Waals surface area contributed by atoms with Crippen LogP contribution < -0.4 is 5.32 Å². The second kappa shape index (κ2) is 8.10. The number of nitrogens with one attached hydrogen (secondary N) is 1. The van der Waals surface area contributed by atoms with Gasteiger partial charge in [0.1, 0.15) is 15.7 Å². The minimum absolute atomic E-state index is 0.153. The zero-order valence-corrected chi connectivity index (χ0v) is 14.2. The van der Waals surface area contributed by atoms with Crippen LogP contribution in [0, 0.1) is 5.82 Å². The molecule has 0 amide bonds. The smallest absolute Gasteiger partial charge is 0.150 e. The lowest BCUT2D eigenvalue weighted by molar-refractivity contribution is 0.479. The maximum absolute atomic E-state index is 14.0. The van der Waals surface area contributed by atoms with E-state index < -0.39 is 9.84 Å². The summed E-state index contributed by atoms with van der Waals surface area (Å²) >= 11 is 3.23. The average molecular weight is 366 g/mol. The molecule has 0 radical (unpaired) electrons. The summed E-state index contributed by atoms with van der Waals surface area (Å²) < 4.78 is 37.6. The van der Waals surface area contributed by atoms with Gasteiger partial charge in [0.05, 0.1) is 5.75 Å². The van der Waals surface area contributed by atoms with E-state index in [-0.39, 0.29) is 23.4 Å². The highest BCUT2D eigenvalue weighted by Crippen LogP contribution is 2.24. The molecule has 0 saturated carbocycles. The fraction of sp³-hybridized carbons (Fsp3) is 0.571. The van der Waals surface area contributed by atoms with Crippen molar-refractivity contribution in [2.24, 2.45) is 0 Å². The van der Waals surface area contributed by atoms with Crippen LogP contribution in [-0.4, -0.2) is 26.5 Å². The third-order valence-corrected chi connectivity index (χ3v) is 5.46. The highest BCUT2D eigenvalue weighted by atomic mass is 79.9. The molecular formula is C14H21BrFNO2S. The van der Waals surface area contributed by atoms with Crippen molar-refractivity contribution in [2.45, 2.75) is 32.7 Å². The summed E-state index contributed by atoms with van der Waals surface area (Å²) in [6.07, 6.45) is 1.13. The van der Waals surface area contributed by atoms with Crippen molar-refractivity contribution in [2.75, 3.05) is 18.1 Å². The van der Waals surface area contributed by atoms with Crippen LogP contribution in [0.4, 0.5) is 4.39 Å². The lowest BCUT2D eigenvalue weighted by Crippen LogP contribution is -2.23. The summed E-state index contributed by atoms with van der Waals surface area (Å²) in [6.45, 7) is 4.30. The summed E-state index contributed by atoms with van der Waals surface area (Å²) in [7, 11) is -2.96. The highest BCUT2D eigenvalue weighted by Gasteiger charge is 2.16. The van der Waals surface area contributed by atoms with E-state index >= 15 is 0 Å². The fourth-order valence-corrected chi connectivity index (χ4v) is 3.28. The van der Waals surface area contributed by atoms with Crippen molar-refractivity contribution in [3.8, 4) is 0 Å². The lowest BCUT2D eigenvalue weighted by atomic mass is 10.0. The van der Waals surface area contributed by atoms with E-state index in [0.29, 0.717) is 29.4 Å². The predicted octanol–water partition coefficient (Wildman–Crippen LogP) is 3.45. The Bertz CT molecular complexity index is 534. The van der Waals surface area contributed by atoms with Gasteiger partial charge >= 0.3 is 0 Å². The molecule has 0 fully saturated rings. The lowest BCUT2D eigenvalue weighted by Gasteiger charge is -2.19. The summed E-state index contributed by atoms with van der Waals surface area (Å²) in [5.74, 6) is 0.0402. The number of sulfone groups is 1. The van der Waals surface area contributed by atoms with Crippen LogP contribution >= 0.6 is 15.9 Å². The van der Waals surface area contributed by atoms with E-state index in [9.17, 15) is 12.8 Å². The van der Waals surface area contributed by atoms with Gasteiger partial charge in [0.15, 0.2) is 0 Å². The first-order valence-electron chi connectivity index (χ1n) is 6.78. The SMILES string of the molecule is CCNC(CCCS(=O)(=O)CC)c1ccc(Br)cc1F. The monoisotopic (exact) mass is 365 g/mol. The summed E-state index contributed by atoms with van der Waals surface area (Å²) in [4.78, 5) is 0. The molecule has 1 N–H and O–H groups in total. The third kappa shape index (κ3) is 5.50. The Kier molecular flexibility index (Phi) is 7.12. The normalized spacial score (nSPS) is 13.4. The van der Waals surface area contributed by atoms with Gasteiger partial charge < -0.3 is 5.32 Å². The molecule has 1 atom stereocenters. The molecule has 0 aliphatic rings. The molecule has 1 unspecified atom stereocenters.